The van der Waals surface area contributed by atoms with Crippen molar-refractivity contribution in [3.05, 3.63) is 41.7 Å². The van der Waals surface area contributed by atoms with E-state index in [0.717, 1.165) is 26.2 Å². The molecule has 1 aliphatic heterocycles. The van der Waals surface area contributed by atoms with Gasteiger partial charge in [-0.3, -0.25) is 9.88 Å². The fraction of sp³-hybridized carbons (Fsp3) is 0.562. The van der Waals surface area contributed by atoms with Crippen LogP contribution in [0.4, 0.5) is 0 Å². The Labute approximate surface area is 116 Å². The van der Waals surface area contributed by atoms with E-state index in [0.29, 0.717) is 6.10 Å². The van der Waals surface area contributed by atoms with Crippen LogP contribution in [-0.4, -0.2) is 35.7 Å². The van der Waals surface area contributed by atoms with Crippen molar-refractivity contribution in [3.8, 4) is 0 Å². The molecule has 0 spiro atoms. The van der Waals surface area contributed by atoms with E-state index in [9.17, 15) is 0 Å². The third-order valence-electron chi connectivity index (χ3n) is 3.37. The van der Waals surface area contributed by atoms with E-state index in [4.69, 9.17) is 4.74 Å². The Hall–Kier alpha value is -1.19. The summed E-state index contributed by atoms with van der Waals surface area (Å²) >= 11 is 0. The van der Waals surface area contributed by atoms with Gasteiger partial charge in [0.25, 0.3) is 0 Å². The monoisotopic (exact) mass is 260 g/mol. The minimum absolute atomic E-state index is 0.405. The second-order valence-corrected chi connectivity index (χ2v) is 5.47. The molecule has 19 heavy (non-hydrogen) atoms. The molecule has 1 aliphatic rings. The lowest BCUT2D eigenvalue weighted by Gasteiger charge is -2.24. The number of pyridine rings is 1. The van der Waals surface area contributed by atoms with Crippen LogP contribution in [0.25, 0.3) is 0 Å². The first-order valence-corrected chi connectivity index (χ1v) is 7.10. The Morgan fingerprint density at radius 2 is 2.42 bits per heavy atom. The van der Waals surface area contributed by atoms with Crippen molar-refractivity contribution >= 4 is 0 Å². The van der Waals surface area contributed by atoms with Crippen LogP contribution in [0.1, 0.15) is 32.3 Å². The second-order valence-electron chi connectivity index (χ2n) is 5.47. The van der Waals surface area contributed by atoms with Crippen LogP contribution >= 0.6 is 0 Å². The summed E-state index contributed by atoms with van der Waals surface area (Å²) in [6.45, 7) is 8.16. The highest BCUT2D eigenvalue weighted by Gasteiger charge is 2.18. The number of aromatic nitrogens is 1. The third-order valence-corrected chi connectivity index (χ3v) is 3.37. The van der Waals surface area contributed by atoms with Crippen molar-refractivity contribution in [1.82, 2.24) is 9.88 Å². The predicted molar refractivity (Wildman–Crippen MR) is 77.9 cm³/mol. The number of rotatable bonds is 6. The van der Waals surface area contributed by atoms with Crippen LogP contribution in [0.15, 0.2) is 36.2 Å². The Morgan fingerprint density at radius 1 is 1.53 bits per heavy atom. The molecule has 0 aliphatic carbocycles. The van der Waals surface area contributed by atoms with Crippen molar-refractivity contribution in [3.63, 3.8) is 0 Å². The van der Waals surface area contributed by atoms with E-state index in [1.54, 1.807) is 0 Å². The van der Waals surface area contributed by atoms with Gasteiger partial charge in [0.1, 0.15) is 0 Å². The lowest BCUT2D eigenvalue weighted by Crippen LogP contribution is -2.32. The molecule has 3 nitrogen and oxygen atoms in total. The van der Waals surface area contributed by atoms with Gasteiger partial charge in [0.2, 0.25) is 0 Å². The quantitative estimate of drug-likeness (QED) is 0.735. The van der Waals surface area contributed by atoms with Gasteiger partial charge in [0.05, 0.1) is 6.10 Å². The summed E-state index contributed by atoms with van der Waals surface area (Å²) in [4.78, 5) is 6.64. The number of allylic oxidation sites excluding steroid dienone is 1. The van der Waals surface area contributed by atoms with E-state index in [1.807, 2.05) is 18.5 Å². The molecule has 1 fully saturated rings. The molecule has 0 bridgehead atoms. The third kappa shape index (κ3) is 5.13. The van der Waals surface area contributed by atoms with Gasteiger partial charge >= 0.3 is 0 Å². The molecule has 0 N–H and O–H groups in total. The fourth-order valence-corrected chi connectivity index (χ4v) is 2.34. The summed E-state index contributed by atoms with van der Waals surface area (Å²) in [5, 5.41) is 0. The molecular formula is C16H24N2O. The maximum atomic E-state index is 5.75. The summed E-state index contributed by atoms with van der Waals surface area (Å²) in [6.07, 6.45) is 8.86. The lowest BCUT2D eigenvalue weighted by molar-refractivity contribution is 0.0745. The Balaban J connectivity index is 1.94. The van der Waals surface area contributed by atoms with Crippen LogP contribution in [-0.2, 0) is 11.3 Å². The van der Waals surface area contributed by atoms with E-state index in [-0.39, 0.29) is 0 Å². The summed E-state index contributed by atoms with van der Waals surface area (Å²) < 4.78 is 5.75. The second kappa shape index (κ2) is 7.41. The van der Waals surface area contributed by atoms with E-state index in [1.165, 1.54) is 24.0 Å². The van der Waals surface area contributed by atoms with Crippen molar-refractivity contribution in [1.29, 1.82) is 0 Å². The van der Waals surface area contributed by atoms with Gasteiger partial charge < -0.3 is 4.74 Å². The average molecular weight is 260 g/mol. The van der Waals surface area contributed by atoms with Gasteiger partial charge in [0, 0.05) is 38.6 Å². The summed E-state index contributed by atoms with van der Waals surface area (Å²) in [5.74, 6) is 0. The topological polar surface area (TPSA) is 25.4 Å². The van der Waals surface area contributed by atoms with Gasteiger partial charge in [-0.2, -0.15) is 0 Å². The number of hydrogen-bond acceptors (Lipinski definition) is 3. The van der Waals surface area contributed by atoms with Crippen LogP contribution < -0.4 is 0 Å². The summed E-state index contributed by atoms with van der Waals surface area (Å²) in [5.41, 5.74) is 2.63. The first kappa shape index (κ1) is 14.2. The number of nitrogens with zero attached hydrogens (tertiary/aromatic N) is 2. The van der Waals surface area contributed by atoms with Crippen molar-refractivity contribution in [2.24, 2.45) is 0 Å². The molecule has 0 aromatic carbocycles. The van der Waals surface area contributed by atoms with Crippen molar-refractivity contribution in [2.45, 2.75) is 39.3 Å². The molecule has 1 aromatic heterocycles. The van der Waals surface area contributed by atoms with Crippen LogP contribution in [0.2, 0.25) is 0 Å². The molecule has 1 saturated heterocycles. The minimum atomic E-state index is 0.405. The Bertz CT molecular complexity index is 392. The highest BCUT2D eigenvalue weighted by Crippen LogP contribution is 2.15. The number of hydrogen-bond donors (Lipinski definition) is 0. The zero-order valence-electron chi connectivity index (χ0n) is 12.0. The van der Waals surface area contributed by atoms with Crippen LogP contribution in [0, 0.1) is 0 Å². The van der Waals surface area contributed by atoms with Gasteiger partial charge in [-0.25, -0.2) is 0 Å². The fourth-order valence-electron chi connectivity index (χ4n) is 2.34. The Kier molecular flexibility index (Phi) is 5.55. The summed E-state index contributed by atoms with van der Waals surface area (Å²) in [7, 11) is 0. The molecule has 2 heterocycles. The molecule has 0 amide bonds. The molecule has 1 aromatic rings. The molecule has 0 radical (unpaired) electrons. The smallest absolute Gasteiger partial charge is 0.0703 e. The average Bonchev–Trinajstić information content (AvgIpc) is 2.90. The largest absolute Gasteiger partial charge is 0.377 e. The first-order valence-electron chi connectivity index (χ1n) is 7.10. The van der Waals surface area contributed by atoms with Gasteiger partial charge in [-0.15, -0.1) is 0 Å². The normalized spacial score (nSPS) is 18.8. The first-order chi connectivity index (χ1) is 9.24. The molecule has 3 heteroatoms. The SMILES string of the molecule is CC(C)=CCN(Cc1cccnc1)CC1CCCO1. The van der Waals surface area contributed by atoms with E-state index < -0.39 is 0 Å². The van der Waals surface area contributed by atoms with Gasteiger partial charge in [-0.1, -0.05) is 17.7 Å². The molecule has 2 rings (SSSR count). The molecular weight excluding hydrogens is 236 g/mol. The van der Waals surface area contributed by atoms with Gasteiger partial charge in [-0.05, 0) is 38.3 Å². The van der Waals surface area contributed by atoms with E-state index >= 15 is 0 Å². The molecule has 0 saturated carbocycles. The highest BCUT2D eigenvalue weighted by molar-refractivity contribution is 5.08. The maximum Gasteiger partial charge on any atom is 0.0703 e. The standard InChI is InChI=1S/C16H24N2O/c1-14(2)7-9-18(13-16-6-4-10-19-16)12-15-5-3-8-17-11-15/h3,5,7-8,11,16H,4,6,9-10,12-13H2,1-2H3. The zero-order valence-corrected chi connectivity index (χ0v) is 12.0. The van der Waals surface area contributed by atoms with Crippen molar-refractivity contribution in [2.75, 3.05) is 19.7 Å². The predicted octanol–water partition coefficient (Wildman–Crippen LogP) is 3.03. The van der Waals surface area contributed by atoms with Crippen molar-refractivity contribution < 1.29 is 4.74 Å². The Morgan fingerprint density at radius 3 is 3.05 bits per heavy atom. The molecule has 1 atom stereocenters. The maximum absolute atomic E-state index is 5.75. The molecule has 104 valence electrons. The lowest BCUT2D eigenvalue weighted by atomic mass is 10.2. The minimum Gasteiger partial charge on any atom is -0.377 e. The number of ether oxygens (including phenoxy) is 1. The highest BCUT2D eigenvalue weighted by atomic mass is 16.5. The van der Waals surface area contributed by atoms with E-state index in [2.05, 4.69) is 35.9 Å². The zero-order chi connectivity index (χ0) is 13.5. The van der Waals surface area contributed by atoms with Crippen LogP contribution in [0.5, 0.6) is 0 Å². The molecule has 1 unspecified atom stereocenters. The van der Waals surface area contributed by atoms with Gasteiger partial charge in [0.15, 0.2) is 0 Å². The van der Waals surface area contributed by atoms with Crippen LogP contribution in [0.3, 0.4) is 0 Å². The summed E-state index contributed by atoms with van der Waals surface area (Å²) in [6, 6.07) is 4.14.